The molecular weight excluding hydrogens is 458 g/mol. The minimum atomic E-state index is -0.492. The number of anilines is 1. The number of halogens is 1. The van der Waals surface area contributed by atoms with Crippen LogP contribution >= 0.6 is 23.4 Å². The van der Waals surface area contributed by atoms with E-state index in [1.165, 1.54) is 11.8 Å². The molecule has 4 aromatic rings. The topological polar surface area (TPSA) is 81.1 Å². The Morgan fingerprint density at radius 2 is 1.76 bits per heavy atom. The van der Waals surface area contributed by atoms with Gasteiger partial charge in [0.1, 0.15) is 11.0 Å². The second-order valence-corrected chi connectivity index (χ2v) is 8.97. The third-order valence-corrected chi connectivity index (χ3v) is 6.78. The van der Waals surface area contributed by atoms with Crippen molar-refractivity contribution < 1.29 is 9.53 Å². The van der Waals surface area contributed by atoms with E-state index in [1.807, 2.05) is 71.4 Å². The van der Waals surface area contributed by atoms with Gasteiger partial charge < -0.3 is 15.5 Å². The van der Waals surface area contributed by atoms with Crippen molar-refractivity contribution in [2.24, 2.45) is 0 Å². The minimum Gasteiger partial charge on any atom is -0.497 e. The molecule has 1 aliphatic rings. The van der Waals surface area contributed by atoms with Gasteiger partial charge >= 0.3 is 0 Å². The summed E-state index contributed by atoms with van der Waals surface area (Å²) in [6, 6.07) is 24.2. The molecule has 2 unspecified atom stereocenters. The summed E-state index contributed by atoms with van der Waals surface area (Å²) in [7, 11) is 1.61. The van der Waals surface area contributed by atoms with Crippen LogP contribution in [0.25, 0.3) is 11.4 Å². The number of benzene rings is 3. The molecule has 1 amide bonds. The number of carbonyl (C=O) groups excluding carboxylic acids is 1. The Morgan fingerprint density at radius 1 is 1.03 bits per heavy atom. The molecule has 2 atom stereocenters. The number of hydrogen-bond acceptors (Lipinski definition) is 6. The summed E-state index contributed by atoms with van der Waals surface area (Å²) in [6.45, 7) is 0. The molecule has 1 aromatic heterocycles. The van der Waals surface area contributed by atoms with Crippen molar-refractivity contribution in [2.45, 2.75) is 16.4 Å². The molecule has 0 saturated heterocycles. The number of amides is 1. The van der Waals surface area contributed by atoms with Crippen molar-refractivity contribution in [3.8, 4) is 17.1 Å². The normalized spacial score (nSPS) is 17.0. The van der Waals surface area contributed by atoms with Crippen molar-refractivity contribution in [1.82, 2.24) is 14.9 Å². The number of ether oxygens (including phenoxy) is 1. The summed E-state index contributed by atoms with van der Waals surface area (Å²) in [5, 5.41) is 12.5. The van der Waals surface area contributed by atoms with Gasteiger partial charge in [-0.05, 0) is 42.0 Å². The summed E-state index contributed by atoms with van der Waals surface area (Å²) in [5.41, 5.74) is 6.01. The van der Waals surface area contributed by atoms with Gasteiger partial charge in [0.25, 0.3) is 0 Å². The highest BCUT2D eigenvalue weighted by Gasteiger charge is 2.38. The molecule has 3 aromatic carbocycles. The van der Waals surface area contributed by atoms with Gasteiger partial charge in [-0.3, -0.25) is 4.79 Å². The average Bonchev–Trinajstić information content (AvgIpc) is 3.28. The number of thioether (sulfide) groups is 1. The Balaban J connectivity index is 1.48. The third-order valence-electron chi connectivity index (χ3n) is 5.31. The van der Waals surface area contributed by atoms with Crippen LogP contribution in [0.15, 0.2) is 84.0 Å². The maximum Gasteiger partial charge on any atom is 0.240 e. The fraction of sp³-hybridized carbons (Fsp3) is 0.125. The molecule has 33 heavy (non-hydrogen) atoms. The highest BCUT2D eigenvalue weighted by Crippen LogP contribution is 2.39. The fourth-order valence-electron chi connectivity index (χ4n) is 3.64. The van der Waals surface area contributed by atoms with E-state index in [2.05, 4.69) is 20.9 Å². The first kappa shape index (κ1) is 21.4. The molecule has 0 saturated carbocycles. The largest absolute Gasteiger partial charge is 0.497 e. The van der Waals surface area contributed by atoms with E-state index in [4.69, 9.17) is 16.3 Å². The SMILES string of the molecule is COc1ccc(NC(=O)C2Sc3nnc(-c4ccccc4)n3NC2c2ccc(Cl)cc2)cc1. The van der Waals surface area contributed by atoms with Crippen LogP contribution in [0.4, 0.5) is 5.69 Å². The molecular formula is C24H20ClN5O2S. The first-order valence-corrected chi connectivity index (χ1v) is 11.5. The first-order chi connectivity index (χ1) is 16.1. The molecule has 166 valence electrons. The number of nitrogens with one attached hydrogen (secondary N) is 2. The third kappa shape index (κ3) is 4.40. The molecule has 0 fully saturated rings. The van der Waals surface area contributed by atoms with E-state index < -0.39 is 5.25 Å². The van der Waals surface area contributed by atoms with E-state index >= 15 is 0 Å². The van der Waals surface area contributed by atoms with Gasteiger partial charge in [-0.2, -0.15) is 0 Å². The van der Waals surface area contributed by atoms with E-state index in [1.54, 1.807) is 19.2 Å². The smallest absolute Gasteiger partial charge is 0.240 e. The van der Waals surface area contributed by atoms with Crippen LogP contribution in [0, 0.1) is 0 Å². The lowest BCUT2D eigenvalue weighted by molar-refractivity contribution is -0.116. The van der Waals surface area contributed by atoms with Gasteiger partial charge in [0.2, 0.25) is 11.1 Å². The molecule has 9 heteroatoms. The number of rotatable bonds is 5. The maximum atomic E-state index is 13.4. The van der Waals surface area contributed by atoms with Crippen molar-refractivity contribution in [3.63, 3.8) is 0 Å². The zero-order valence-electron chi connectivity index (χ0n) is 17.6. The van der Waals surface area contributed by atoms with Crippen molar-refractivity contribution in [3.05, 3.63) is 89.4 Å². The highest BCUT2D eigenvalue weighted by molar-refractivity contribution is 8.00. The molecule has 0 bridgehead atoms. The standard InChI is InChI=1S/C24H20ClN5O2S/c1-32-19-13-11-18(12-14-19)26-23(31)21-20(15-7-9-17(25)10-8-15)29-30-22(27-28-24(30)33-21)16-5-3-2-4-6-16/h2-14,20-21,29H,1H3,(H,26,31). The summed E-state index contributed by atoms with van der Waals surface area (Å²) in [6.07, 6.45) is 0. The Morgan fingerprint density at radius 3 is 2.45 bits per heavy atom. The summed E-state index contributed by atoms with van der Waals surface area (Å²) >= 11 is 7.48. The van der Waals surface area contributed by atoms with Gasteiger partial charge in [0.15, 0.2) is 5.82 Å². The highest BCUT2D eigenvalue weighted by atomic mass is 35.5. The average molecular weight is 478 g/mol. The van der Waals surface area contributed by atoms with Crippen molar-refractivity contribution in [2.75, 3.05) is 17.9 Å². The number of hydrogen-bond donors (Lipinski definition) is 2. The molecule has 0 spiro atoms. The minimum absolute atomic E-state index is 0.145. The van der Waals surface area contributed by atoms with Crippen LogP contribution in [-0.4, -0.2) is 33.1 Å². The maximum absolute atomic E-state index is 13.4. The van der Waals surface area contributed by atoms with E-state index in [0.29, 0.717) is 21.7 Å². The van der Waals surface area contributed by atoms with Gasteiger partial charge in [-0.15, -0.1) is 10.2 Å². The first-order valence-electron chi connectivity index (χ1n) is 10.3. The lowest BCUT2D eigenvalue weighted by Crippen LogP contribution is -2.41. The molecule has 2 N–H and O–H groups in total. The number of fused-ring (bicyclic) bond motifs is 1. The lowest BCUT2D eigenvalue weighted by atomic mass is 10.0. The number of carbonyl (C=O) groups is 1. The summed E-state index contributed by atoms with van der Waals surface area (Å²) in [5.74, 6) is 1.27. The number of nitrogens with zero attached hydrogens (tertiary/aromatic N) is 3. The zero-order chi connectivity index (χ0) is 22.8. The Hall–Kier alpha value is -3.49. The van der Waals surface area contributed by atoms with Crippen LogP contribution < -0.4 is 15.5 Å². The number of aromatic nitrogens is 3. The van der Waals surface area contributed by atoms with Gasteiger partial charge in [0, 0.05) is 16.3 Å². The molecule has 5 rings (SSSR count). The zero-order valence-corrected chi connectivity index (χ0v) is 19.2. The van der Waals surface area contributed by atoms with Crippen molar-refractivity contribution >= 4 is 35.0 Å². The lowest BCUT2D eigenvalue weighted by Gasteiger charge is -2.33. The predicted octanol–water partition coefficient (Wildman–Crippen LogP) is 5.00. The molecule has 0 radical (unpaired) electrons. The second-order valence-electron chi connectivity index (χ2n) is 7.42. The van der Waals surface area contributed by atoms with E-state index in [0.717, 1.165) is 16.9 Å². The monoisotopic (exact) mass is 477 g/mol. The number of methoxy groups -OCH3 is 1. The molecule has 0 aliphatic carbocycles. The van der Waals surface area contributed by atoms with Gasteiger partial charge in [-0.1, -0.05) is 65.8 Å². The molecule has 2 heterocycles. The Kier molecular flexibility index (Phi) is 5.93. The van der Waals surface area contributed by atoms with Crippen LogP contribution in [0.5, 0.6) is 5.75 Å². The molecule has 7 nitrogen and oxygen atoms in total. The van der Waals surface area contributed by atoms with E-state index in [9.17, 15) is 4.79 Å². The van der Waals surface area contributed by atoms with Gasteiger partial charge in [-0.25, -0.2) is 4.68 Å². The second kappa shape index (κ2) is 9.17. The predicted molar refractivity (Wildman–Crippen MR) is 130 cm³/mol. The Bertz CT molecular complexity index is 1260. The van der Waals surface area contributed by atoms with Crippen molar-refractivity contribution in [1.29, 1.82) is 0 Å². The fourth-order valence-corrected chi connectivity index (χ4v) is 4.84. The van der Waals surface area contributed by atoms with Crippen LogP contribution in [0.1, 0.15) is 11.6 Å². The summed E-state index contributed by atoms with van der Waals surface area (Å²) < 4.78 is 7.04. The quantitative estimate of drug-likeness (QED) is 0.421. The van der Waals surface area contributed by atoms with Crippen LogP contribution in [0.3, 0.4) is 0 Å². The van der Waals surface area contributed by atoms with E-state index in [-0.39, 0.29) is 11.9 Å². The summed E-state index contributed by atoms with van der Waals surface area (Å²) in [4.78, 5) is 13.4. The van der Waals surface area contributed by atoms with Crippen LogP contribution in [0.2, 0.25) is 5.02 Å². The van der Waals surface area contributed by atoms with Crippen LogP contribution in [-0.2, 0) is 4.79 Å². The van der Waals surface area contributed by atoms with Gasteiger partial charge in [0.05, 0.1) is 13.2 Å². The Labute approximate surface area is 200 Å². The molecule has 1 aliphatic heterocycles.